The van der Waals surface area contributed by atoms with Gasteiger partial charge in [-0.05, 0) is 30.2 Å². The van der Waals surface area contributed by atoms with Gasteiger partial charge in [0.1, 0.15) is 11.9 Å². The van der Waals surface area contributed by atoms with Gasteiger partial charge in [0.15, 0.2) is 0 Å². The topological polar surface area (TPSA) is 29.5 Å². The van der Waals surface area contributed by atoms with Crippen LogP contribution in [0.5, 0.6) is 5.75 Å². The lowest BCUT2D eigenvalue weighted by Crippen LogP contribution is -2.01. The summed E-state index contributed by atoms with van der Waals surface area (Å²) in [5, 5.41) is 10.3. The van der Waals surface area contributed by atoms with Crippen LogP contribution in [-0.2, 0) is 0 Å². The molecule has 2 aromatic carbocycles. The number of hydrogen-bond donors (Lipinski definition) is 1. The van der Waals surface area contributed by atoms with Crippen LogP contribution in [0.4, 0.5) is 8.78 Å². The predicted molar refractivity (Wildman–Crippen MR) is 73.1 cm³/mol. The maximum Gasteiger partial charge on any atom is 0.263 e. The van der Waals surface area contributed by atoms with Crippen molar-refractivity contribution in [1.29, 1.82) is 0 Å². The van der Waals surface area contributed by atoms with Crippen molar-refractivity contribution in [3.05, 3.63) is 65.2 Å². The summed E-state index contributed by atoms with van der Waals surface area (Å²) in [6.07, 6.45) is -3.36. The van der Waals surface area contributed by atoms with E-state index in [0.717, 1.165) is 0 Å². The maximum absolute atomic E-state index is 12.5. The highest BCUT2D eigenvalue weighted by Gasteiger charge is 2.13. The first-order chi connectivity index (χ1) is 9.61. The second kappa shape index (κ2) is 6.48. The van der Waals surface area contributed by atoms with Gasteiger partial charge in [0.2, 0.25) is 0 Å². The van der Waals surface area contributed by atoms with Crippen molar-refractivity contribution in [2.75, 3.05) is 6.61 Å². The van der Waals surface area contributed by atoms with Crippen molar-refractivity contribution in [1.82, 2.24) is 0 Å². The lowest BCUT2D eigenvalue weighted by atomic mass is 10.0. The molecular weight excluding hydrogens is 262 g/mol. The molecule has 0 aliphatic rings. The quantitative estimate of drug-likeness (QED) is 0.892. The lowest BCUT2D eigenvalue weighted by Gasteiger charge is -2.13. The Hall–Kier alpha value is -1.94. The summed E-state index contributed by atoms with van der Waals surface area (Å²) in [5.74, 6) is 0.674. The zero-order valence-corrected chi connectivity index (χ0v) is 11.1. The highest BCUT2D eigenvalue weighted by molar-refractivity contribution is 5.36. The van der Waals surface area contributed by atoms with E-state index in [1.807, 2.05) is 6.92 Å². The van der Waals surface area contributed by atoms with Crippen LogP contribution in [0.25, 0.3) is 0 Å². The second-order valence-corrected chi connectivity index (χ2v) is 4.38. The van der Waals surface area contributed by atoms with Crippen molar-refractivity contribution in [2.24, 2.45) is 0 Å². The van der Waals surface area contributed by atoms with Crippen LogP contribution in [0.3, 0.4) is 0 Å². The van der Waals surface area contributed by atoms with Crippen molar-refractivity contribution in [3.63, 3.8) is 0 Å². The molecule has 0 heterocycles. The Labute approximate surface area is 116 Å². The molecule has 1 atom stereocenters. The van der Waals surface area contributed by atoms with Gasteiger partial charge in [-0.1, -0.05) is 36.4 Å². The monoisotopic (exact) mass is 278 g/mol. The van der Waals surface area contributed by atoms with Gasteiger partial charge in [0.25, 0.3) is 6.43 Å². The standard InChI is InChI=1S/C16H16F2O2/c1-2-20-14-5-3-4-13(10-14)15(19)11-6-8-12(9-7-11)16(17)18/h3-10,15-16,19H,2H2,1H3. The van der Waals surface area contributed by atoms with Gasteiger partial charge in [-0.15, -0.1) is 0 Å². The molecule has 0 aromatic heterocycles. The van der Waals surface area contributed by atoms with Crippen molar-refractivity contribution in [2.45, 2.75) is 19.5 Å². The molecular formula is C16H16F2O2. The Kier molecular flexibility index (Phi) is 4.69. The zero-order chi connectivity index (χ0) is 14.5. The summed E-state index contributed by atoms with van der Waals surface area (Å²) in [4.78, 5) is 0. The molecule has 0 bridgehead atoms. The Morgan fingerprint density at radius 3 is 2.25 bits per heavy atom. The molecule has 2 aromatic rings. The summed E-state index contributed by atoms with van der Waals surface area (Å²) >= 11 is 0. The van der Waals surface area contributed by atoms with Gasteiger partial charge in [-0.3, -0.25) is 0 Å². The third kappa shape index (κ3) is 3.33. The van der Waals surface area contributed by atoms with E-state index in [-0.39, 0.29) is 5.56 Å². The molecule has 0 saturated heterocycles. The minimum Gasteiger partial charge on any atom is -0.494 e. The van der Waals surface area contributed by atoms with Gasteiger partial charge >= 0.3 is 0 Å². The number of hydrogen-bond acceptors (Lipinski definition) is 2. The van der Waals surface area contributed by atoms with E-state index in [4.69, 9.17) is 4.74 Å². The fourth-order valence-electron chi connectivity index (χ4n) is 1.96. The van der Waals surface area contributed by atoms with E-state index in [9.17, 15) is 13.9 Å². The number of ether oxygens (including phenoxy) is 1. The van der Waals surface area contributed by atoms with E-state index in [1.165, 1.54) is 24.3 Å². The molecule has 0 fully saturated rings. The predicted octanol–water partition coefficient (Wildman–Crippen LogP) is 4.10. The summed E-state index contributed by atoms with van der Waals surface area (Å²) in [6.45, 7) is 2.43. The van der Waals surface area contributed by atoms with Gasteiger partial charge in [-0.2, -0.15) is 0 Å². The van der Waals surface area contributed by atoms with Crippen LogP contribution in [0.15, 0.2) is 48.5 Å². The zero-order valence-electron chi connectivity index (χ0n) is 11.1. The molecule has 0 radical (unpaired) electrons. The summed E-state index contributed by atoms with van der Waals surface area (Å²) < 4.78 is 30.3. The Bertz CT molecular complexity index is 553. The Morgan fingerprint density at radius 2 is 1.65 bits per heavy atom. The van der Waals surface area contributed by atoms with Crippen LogP contribution in [0.2, 0.25) is 0 Å². The second-order valence-electron chi connectivity index (χ2n) is 4.38. The van der Waals surface area contributed by atoms with E-state index in [1.54, 1.807) is 24.3 Å². The fraction of sp³-hybridized carbons (Fsp3) is 0.250. The third-order valence-corrected chi connectivity index (χ3v) is 2.99. The minimum absolute atomic E-state index is 0.0518. The number of alkyl halides is 2. The highest BCUT2D eigenvalue weighted by Crippen LogP contribution is 2.27. The van der Waals surface area contributed by atoms with Gasteiger partial charge in [-0.25, -0.2) is 8.78 Å². The highest BCUT2D eigenvalue weighted by atomic mass is 19.3. The Balaban J connectivity index is 2.21. The molecule has 2 rings (SSSR count). The van der Waals surface area contributed by atoms with Crippen molar-refractivity contribution < 1.29 is 18.6 Å². The molecule has 20 heavy (non-hydrogen) atoms. The number of aliphatic hydroxyl groups excluding tert-OH is 1. The number of benzene rings is 2. The number of halogens is 2. The van der Waals surface area contributed by atoms with E-state index < -0.39 is 12.5 Å². The molecule has 0 spiro atoms. The first kappa shape index (κ1) is 14.5. The smallest absolute Gasteiger partial charge is 0.263 e. The number of rotatable bonds is 5. The molecule has 0 aliphatic heterocycles. The average Bonchev–Trinajstić information content (AvgIpc) is 2.47. The van der Waals surface area contributed by atoms with Crippen molar-refractivity contribution >= 4 is 0 Å². The maximum atomic E-state index is 12.5. The molecule has 2 nitrogen and oxygen atoms in total. The molecule has 0 saturated carbocycles. The molecule has 0 amide bonds. The lowest BCUT2D eigenvalue weighted by molar-refractivity contribution is 0.151. The van der Waals surface area contributed by atoms with Gasteiger partial charge in [0.05, 0.1) is 6.61 Å². The first-order valence-electron chi connectivity index (χ1n) is 6.40. The van der Waals surface area contributed by atoms with E-state index in [0.29, 0.717) is 23.5 Å². The Morgan fingerprint density at radius 1 is 1.00 bits per heavy atom. The molecule has 106 valence electrons. The van der Waals surface area contributed by atoms with Crippen LogP contribution in [0.1, 0.15) is 36.1 Å². The van der Waals surface area contributed by atoms with Gasteiger partial charge < -0.3 is 9.84 Å². The van der Waals surface area contributed by atoms with Crippen LogP contribution >= 0.6 is 0 Å². The minimum atomic E-state index is -2.50. The van der Waals surface area contributed by atoms with Gasteiger partial charge in [0, 0.05) is 5.56 Å². The first-order valence-corrected chi connectivity index (χ1v) is 6.40. The van der Waals surface area contributed by atoms with Crippen LogP contribution < -0.4 is 4.74 Å². The third-order valence-electron chi connectivity index (χ3n) is 2.99. The van der Waals surface area contributed by atoms with Crippen molar-refractivity contribution in [3.8, 4) is 5.75 Å². The summed E-state index contributed by atoms with van der Waals surface area (Å²) in [5.41, 5.74) is 1.19. The SMILES string of the molecule is CCOc1cccc(C(O)c2ccc(C(F)F)cc2)c1. The van der Waals surface area contributed by atoms with E-state index >= 15 is 0 Å². The fourth-order valence-corrected chi connectivity index (χ4v) is 1.96. The molecule has 0 aliphatic carbocycles. The van der Waals surface area contributed by atoms with E-state index in [2.05, 4.69) is 0 Å². The molecule has 4 heteroatoms. The summed E-state index contributed by atoms with van der Waals surface area (Å²) in [7, 11) is 0. The number of aliphatic hydroxyl groups is 1. The summed E-state index contributed by atoms with van der Waals surface area (Å²) in [6, 6.07) is 12.8. The normalized spacial score (nSPS) is 12.4. The van der Waals surface area contributed by atoms with Crippen LogP contribution in [0, 0.1) is 0 Å². The van der Waals surface area contributed by atoms with Crippen LogP contribution in [-0.4, -0.2) is 11.7 Å². The molecule has 1 N–H and O–H groups in total. The average molecular weight is 278 g/mol. The largest absolute Gasteiger partial charge is 0.494 e. The molecule has 1 unspecified atom stereocenters.